The molecule has 1 saturated heterocycles. The van der Waals surface area contributed by atoms with Gasteiger partial charge in [-0.1, -0.05) is 6.92 Å². The van der Waals surface area contributed by atoms with Crippen LogP contribution in [-0.4, -0.2) is 35.6 Å². The molecule has 1 aliphatic heterocycles. The smallest absolute Gasteiger partial charge is 0.290 e. The molecule has 110 valence electrons. The van der Waals surface area contributed by atoms with Crippen molar-refractivity contribution < 1.29 is 4.92 Å². The molecule has 1 unspecified atom stereocenters. The van der Waals surface area contributed by atoms with Gasteiger partial charge >= 0.3 is 0 Å². The molecule has 1 aliphatic rings. The molecule has 1 N–H and O–H groups in total. The van der Waals surface area contributed by atoms with Crippen LogP contribution in [0.2, 0.25) is 0 Å². The SMILES string of the molecule is CCCN(CC1CCCN1)c1cc(C)c([N+](=O)[O-])cn1. The first-order chi connectivity index (χ1) is 9.61. The van der Waals surface area contributed by atoms with Gasteiger partial charge in [-0.15, -0.1) is 0 Å². The van der Waals surface area contributed by atoms with Crippen LogP contribution in [0.5, 0.6) is 0 Å². The van der Waals surface area contributed by atoms with E-state index in [1.54, 1.807) is 6.92 Å². The maximum Gasteiger partial charge on any atom is 0.290 e. The van der Waals surface area contributed by atoms with Gasteiger partial charge in [0.2, 0.25) is 0 Å². The highest BCUT2D eigenvalue weighted by molar-refractivity contribution is 5.48. The van der Waals surface area contributed by atoms with E-state index < -0.39 is 0 Å². The van der Waals surface area contributed by atoms with Gasteiger partial charge in [0.25, 0.3) is 5.69 Å². The average molecular weight is 278 g/mol. The summed E-state index contributed by atoms with van der Waals surface area (Å²) in [6.07, 6.45) is 4.81. The van der Waals surface area contributed by atoms with Crippen LogP contribution in [0, 0.1) is 17.0 Å². The second kappa shape index (κ2) is 6.65. The lowest BCUT2D eigenvalue weighted by atomic mass is 10.2. The number of nitrogens with zero attached hydrogens (tertiary/aromatic N) is 3. The van der Waals surface area contributed by atoms with Crippen molar-refractivity contribution in [3.8, 4) is 0 Å². The zero-order valence-corrected chi connectivity index (χ0v) is 12.1. The second-order valence-corrected chi connectivity index (χ2v) is 5.33. The molecule has 0 bridgehead atoms. The quantitative estimate of drug-likeness (QED) is 0.638. The molecular formula is C14H22N4O2. The van der Waals surface area contributed by atoms with Gasteiger partial charge in [-0.2, -0.15) is 0 Å². The Morgan fingerprint density at radius 3 is 2.95 bits per heavy atom. The van der Waals surface area contributed by atoms with E-state index in [2.05, 4.69) is 22.1 Å². The van der Waals surface area contributed by atoms with Crippen molar-refractivity contribution in [3.63, 3.8) is 0 Å². The number of hydrogen-bond donors (Lipinski definition) is 1. The minimum atomic E-state index is -0.380. The number of anilines is 1. The fraction of sp³-hybridized carbons (Fsp3) is 0.643. The lowest BCUT2D eigenvalue weighted by molar-refractivity contribution is -0.385. The number of rotatable bonds is 6. The van der Waals surface area contributed by atoms with Crippen molar-refractivity contribution in [2.75, 3.05) is 24.5 Å². The van der Waals surface area contributed by atoms with E-state index in [0.717, 1.165) is 31.9 Å². The third-order valence-electron chi connectivity index (χ3n) is 3.69. The number of nitrogens with one attached hydrogen (secondary N) is 1. The van der Waals surface area contributed by atoms with E-state index in [1.165, 1.54) is 19.0 Å². The van der Waals surface area contributed by atoms with Crippen molar-refractivity contribution in [1.82, 2.24) is 10.3 Å². The van der Waals surface area contributed by atoms with Gasteiger partial charge in [0.1, 0.15) is 12.0 Å². The molecule has 1 fully saturated rings. The Balaban J connectivity index is 2.15. The predicted molar refractivity (Wildman–Crippen MR) is 79.2 cm³/mol. The summed E-state index contributed by atoms with van der Waals surface area (Å²) in [5.41, 5.74) is 0.754. The Morgan fingerprint density at radius 1 is 1.60 bits per heavy atom. The standard InChI is InChI=1S/C14H22N4O2/c1-3-7-17(10-12-5-4-6-15-12)14-8-11(2)13(9-16-14)18(19)20/h8-9,12,15H,3-7,10H2,1-2H3. The van der Waals surface area contributed by atoms with Gasteiger partial charge in [0.15, 0.2) is 0 Å². The fourth-order valence-corrected chi connectivity index (χ4v) is 2.65. The summed E-state index contributed by atoms with van der Waals surface area (Å²) >= 11 is 0. The minimum Gasteiger partial charge on any atom is -0.355 e. The molecule has 0 amide bonds. The molecule has 0 aliphatic carbocycles. The lowest BCUT2D eigenvalue weighted by Gasteiger charge is -2.26. The highest BCUT2D eigenvalue weighted by Crippen LogP contribution is 2.22. The summed E-state index contributed by atoms with van der Waals surface area (Å²) in [5, 5.41) is 14.3. The average Bonchev–Trinajstić information content (AvgIpc) is 2.90. The first-order valence-corrected chi connectivity index (χ1v) is 7.21. The molecular weight excluding hydrogens is 256 g/mol. The topological polar surface area (TPSA) is 71.3 Å². The predicted octanol–water partition coefficient (Wildman–Crippen LogP) is 2.27. The maximum absolute atomic E-state index is 10.8. The summed E-state index contributed by atoms with van der Waals surface area (Å²) < 4.78 is 0. The van der Waals surface area contributed by atoms with E-state index in [0.29, 0.717) is 11.6 Å². The molecule has 2 rings (SSSR count). The molecule has 1 atom stereocenters. The summed E-state index contributed by atoms with van der Waals surface area (Å²) in [6, 6.07) is 2.32. The number of nitro groups is 1. The highest BCUT2D eigenvalue weighted by atomic mass is 16.6. The van der Waals surface area contributed by atoms with Crippen molar-refractivity contribution in [3.05, 3.63) is 27.9 Å². The Morgan fingerprint density at radius 2 is 2.40 bits per heavy atom. The van der Waals surface area contributed by atoms with Crippen LogP contribution < -0.4 is 10.2 Å². The first kappa shape index (κ1) is 14.7. The van der Waals surface area contributed by atoms with Gasteiger partial charge in [-0.05, 0) is 38.8 Å². The zero-order valence-electron chi connectivity index (χ0n) is 12.1. The number of hydrogen-bond acceptors (Lipinski definition) is 5. The van der Waals surface area contributed by atoms with E-state index in [-0.39, 0.29) is 10.6 Å². The zero-order chi connectivity index (χ0) is 14.5. The van der Waals surface area contributed by atoms with E-state index in [4.69, 9.17) is 0 Å². The van der Waals surface area contributed by atoms with Gasteiger partial charge in [0.05, 0.1) is 4.92 Å². The van der Waals surface area contributed by atoms with Gasteiger partial charge in [-0.25, -0.2) is 4.98 Å². The molecule has 0 saturated carbocycles. The molecule has 1 aromatic heterocycles. The molecule has 0 aromatic carbocycles. The third-order valence-corrected chi connectivity index (χ3v) is 3.69. The fourth-order valence-electron chi connectivity index (χ4n) is 2.65. The highest BCUT2D eigenvalue weighted by Gasteiger charge is 2.20. The monoisotopic (exact) mass is 278 g/mol. The Kier molecular flexibility index (Phi) is 4.89. The van der Waals surface area contributed by atoms with Crippen molar-refractivity contribution in [2.24, 2.45) is 0 Å². The first-order valence-electron chi connectivity index (χ1n) is 7.21. The van der Waals surface area contributed by atoms with Crippen LogP contribution >= 0.6 is 0 Å². The minimum absolute atomic E-state index is 0.0872. The summed E-state index contributed by atoms with van der Waals surface area (Å²) in [5.74, 6) is 0.837. The normalized spacial score (nSPS) is 18.2. The third kappa shape index (κ3) is 3.45. The molecule has 1 aromatic rings. The van der Waals surface area contributed by atoms with Crippen LogP contribution in [0.4, 0.5) is 11.5 Å². The van der Waals surface area contributed by atoms with Crippen molar-refractivity contribution in [2.45, 2.75) is 39.2 Å². The van der Waals surface area contributed by atoms with Crippen LogP contribution in [0.15, 0.2) is 12.3 Å². The van der Waals surface area contributed by atoms with Crippen LogP contribution in [-0.2, 0) is 0 Å². The van der Waals surface area contributed by atoms with Crippen LogP contribution in [0.1, 0.15) is 31.7 Å². The van der Waals surface area contributed by atoms with Gasteiger partial charge < -0.3 is 10.2 Å². The van der Waals surface area contributed by atoms with E-state index in [1.807, 2.05) is 6.07 Å². The number of pyridine rings is 1. The van der Waals surface area contributed by atoms with Crippen LogP contribution in [0.25, 0.3) is 0 Å². The molecule has 0 radical (unpaired) electrons. The van der Waals surface area contributed by atoms with Crippen LogP contribution in [0.3, 0.4) is 0 Å². The molecule has 6 nitrogen and oxygen atoms in total. The maximum atomic E-state index is 10.8. The summed E-state index contributed by atoms with van der Waals surface area (Å²) in [7, 11) is 0. The van der Waals surface area contributed by atoms with Gasteiger partial charge in [-0.3, -0.25) is 10.1 Å². The molecule has 0 spiro atoms. The van der Waals surface area contributed by atoms with Gasteiger partial charge in [0, 0.05) is 24.7 Å². The molecule has 20 heavy (non-hydrogen) atoms. The largest absolute Gasteiger partial charge is 0.355 e. The summed E-state index contributed by atoms with van der Waals surface area (Å²) in [6.45, 7) is 6.81. The Labute approximate surface area is 119 Å². The Bertz CT molecular complexity index is 472. The number of aryl methyl sites for hydroxylation is 1. The molecule has 2 heterocycles. The second-order valence-electron chi connectivity index (χ2n) is 5.33. The Hall–Kier alpha value is -1.69. The van der Waals surface area contributed by atoms with Crippen molar-refractivity contribution >= 4 is 11.5 Å². The lowest BCUT2D eigenvalue weighted by Crippen LogP contribution is -2.38. The van der Waals surface area contributed by atoms with E-state index in [9.17, 15) is 10.1 Å². The van der Waals surface area contributed by atoms with Crippen molar-refractivity contribution in [1.29, 1.82) is 0 Å². The molecule has 6 heteroatoms. The van der Waals surface area contributed by atoms with E-state index >= 15 is 0 Å². The number of aromatic nitrogens is 1. The summed E-state index contributed by atoms with van der Waals surface area (Å²) in [4.78, 5) is 17.0.